The van der Waals surface area contributed by atoms with E-state index in [4.69, 9.17) is 9.90 Å². The van der Waals surface area contributed by atoms with Gasteiger partial charge < -0.3 is 12.0 Å². The molecule has 0 saturated heterocycles. The van der Waals surface area contributed by atoms with E-state index in [1.165, 1.54) is 0 Å². The van der Waals surface area contributed by atoms with Crippen molar-refractivity contribution in [3.8, 4) is 0 Å². The van der Waals surface area contributed by atoms with Gasteiger partial charge in [0.2, 0.25) is 0 Å². The summed E-state index contributed by atoms with van der Waals surface area (Å²) in [4.78, 5) is 9.00. The van der Waals surface area contributed by atoms with Crippen LogP contribution >= 0.6 is 0 Å². The number of aliphatic carboxylic acids is 1. The molecule has 0 aliphatic rings. The maximum Gasteiger partial charge on any atom is 0.506 e. The topological polar surface area (TPSA) is 92.7 Å². The molecule has 0 aromatic heterocycles. The number of hydrogen-bond acceptors (Lipinski definition) is 4. The highest BCUT2D eigenvalue weighted by molar-refractivity contribution is 5.62. The second kappa shape index (κ2) is 9.08. The van der Waals surface area contributed by atoms with Gasteiger partial charge in [-0.05, 0) is 9.99 Å². The minimum Gasteiger partial charge on any atom is -0.481 e. The van der Waals surface area contributed by atoms with Gasteiger partial charge in [-0.15, -0.1) is 0 Å². The van der Waals surface area contributed by atoms with E-state index in [-0.39, 0.29) is 6.61 Å². The first-order valence-electron chi connectivity index (χ1n) is 2.39. The summed E-state index contributed by atoms with van der Waals surface area (Å²) in [6.07, 6.45) is 0. The third-order valence-electron chi connectivity index (χ3n) is 0.198. The molecule has 0 bridgehead atoms. The van der Waals surface area contributed by atoms with Crippen molar-refractivity contribution < 1.29 is 40.9 Å². The van der Waals surface area contributed by atoms with Gasteiger partial charge in [0.15, 0.2) is 0 Å². The molecule has 62 valence electrons. The molecule has 0 radical (unpaired) electrons. The first kappa shape index (κ1) is 12.7. The van der Waals surface area contributed by atoms with Gasteiger partial charge in [-0.25, -0.2) is 0 Å². The molecule has 0 aliphatic carbocycles. The number of rotatable bonds is 2. The molecule has 0 unspecified atom stereocenters. The first-order chi connectivity index (χ1) is 4.50. The van der Waals surface area contributed by atoms with Crippen molar-refractivity contribution >= 4 is 5.97 Å². The molecule has 0 amide bonds. The molecule has 5 nitrogen and oxygen atoms in total. The predicted octanol–water partition coefficient (Wildman–Crippen LogP) is -4.80. The average molecular weight is 264 g/mol. The number of carboxylic acids is 1. The molecule has 0 rings (SSSR count). The van der Waals surface area contributed by atoms with E-state index in [2.05, 4.69) is 3.07 Å². The quantitative estimate of drug-likeness (QED) is 0.505. The largest absolute Gasteiger partial charge is 0.506 e. The fourth-order valence-corrected chi connectivity index (χ4v) is 0.598. The van der Waals surface area contributed by atoms with Crippen molar-refractivity contribution in [1.82, 2.24) is 0 Å². The maximum atomic E-state index is 9.51. The normalized spacial score (nSPS) is 8.50. The summed E-state index contributed by atoms with van der Waals surface area (Å²) in [7, 11) is 0. The molecule has 10 heavy (non-hydrogen) atoms. The van der Waals surface area contributed by atoms with Crippen LogP contribution in [0.4, 0.5) is 0 Å². The summed E-state index contributed by atoms with van der Waals surface area (Å²) < 4.78 is 23.1. The van der Waals surface area contributed by atoms with Crippen LogP contribution in [0.3, 0.4) is 0 Å². The summed E-state index contributed by atoms with van der Waals surface area (Å²) in [5, 5.41) is 7.42. The minimum atomic E-state index is -3.31. The lowest BCUT2D eigenvalue weighted by atomic mass is 10.9. The lowest BCUT2D eigenvalue weighted by Gasteiger charge is -1.82. The summed E-state index contributed by atoms with van der Waals surface area (Å²) >= 11 is -3.31. The summed E-state index contributed by atoms with van der Waals surface area (Å²) in [6.45, 7) is 3.00. The molecule has 0 heterocycles. The Balaban J connectivity index is 0. The highest BCUT2D eigenvalue weighted by Crippen LogP contribution is 1.42. The first-order valence-corrected chi connectivity index (χ1v) is 5.03. The Labute approximate surface area is 67.7 Å². The smallest absolute Gasteiger partial charge is 0.481 e. The zero-order valence-corrected chi connectivity index (χ0v) is 7.82. The second-order valence-electron chi connectivity index (χ2n) is 1.11. The van der Waals surface area contributed by atoms with Gasteiger partial charge in [0.05, 0.1) is 0 Å². The Morgan fingerprint density at radius 3 is 2.00 bits per heavy atom. The predicted molar refractivity (Wildman–Crippen MR) is 24.9 cm³/mol. The zero-order chi connectivity index (χ0) is 8.57. The molecule has 0 atom stereocenters. The van der Waals surface area contributed by atoms with Crippen LogP contribution in [-0.4, -0.2) is 17.7 Å². The lowest BCUT2D eigenvalue weighted by Crippen LogP contribution is -3.99. The Bertz CT molecular complexity index is 79.7. The monoisotopic (exact) mass is 264 g/mol. The third kappa shape index (κ3) is 42.7. The number of carbonyl (C=O) groups is 1. The molecular weight excluding hydrogens is 255 g/mol. The molecule has 0 aromatic rings. The van der Waals surface area contributed by atoms with Gasteiger partial charge in [0.1, 0.15) is 6.61 Å². The molecule has 0 aromatic carbocycles. The maximum absolute atomic E-state index is 9.51. The van der Waals surface area contributed by atoms with Gasteiger partial charge in [-0.2, -0.15) is 0 Å². The van der Waals surface area contributed by atoms with E-state index in [1.54, 1.807) is 6.92 Å². The van der Waals surface area contributed by atoms with Gasteiger partial charge in [-0.1, -0.05) is 0 Å². The van der Waals surface area contributed by atoms with Crippen LogP contribution in [-0.2, 0) is 7.86 Å². The van der Waals surface area contributed by atoms with Crippen molar-refractivity contribution in [2.24, 2.45) is 0 Å². The average Bonchev–Trinajstić information content (AvgIpc) is 1.62. The van der Waals surface area contributed by atoms with E-state index in [9.17, 15) is 6.87 Å². The van der Waals surface area contributed by atoms with Crippen LogP contribution in [0.2, 0.25) is 0 Å². The van der Waals surface area contributed by atoms with Crippen molar-refractivity contribution in [3.63, 3.8) is 0 Å². The molecule has 0 spiro atoms. The van der Waals surface area contributed by atoms with Crippen molar-refractivity contribution in [3.05, 3.63) is 0 Å². The molecule has 0 fully saturated rings. The Morgan fingerprint density at radius 1 is 1.70 bits per heavy atom. The lowest BCUT2D eigenvalue weighted by molar-refractivity contribution is -1.63. The molecule has 1 N–H and O–H groups in total. The van der Waals surface area contributed by atoms with Gasteiger partial charge >= 0.3 is 21.1 Å². The van der Waals surface area contributed by atoms with Gasteiger partial charge in [-0.3, -0.25) is 4.79 Å². The SMILES string of the molecule is CC(=O)O.CCO[I+2]([O-])[O-]. The Kier molecular flexibility index (Phi) is 11.6. The fourth-order valence-electron chi connectivity index (χ4n) is 0.0891. The van der Waals surface area contributed by atoms with Gasteiger partial charge in [0.25, 0.3) is 5.97 Å². The Hall–Kier alpha value is 0.0800. The van der Waals surface area contributed by atoms with Crippen LogP contribution < -0.4 is 27.9 Å². The summed E-state index contributed by atoms with van der Waals surface area (Å²) in [6, 6.07) is 0. The van der Waals surface area contributed by atoms with Crippen LogP contribution in [0.5, 0.6) is 0 Å². The van der Waals surface area contributed by atoms with E-state index < -0.39 is 27.0 Å². The number of hydrogen-bond donors (Lipinski definition) is 1. The minimum absolute atomic E-state index is 0.276. The standard InChI is InChI=1S/C2H5IO3.C2H4O2/c1-2-6-3(4)5;1-2(3)4/h2H2,1H3;1H3,(H,3,4). The second-order valence-corrected chi connectivity index (χ2v) is 2.81. The third-order valence-corrected chi connectivity index (χ3v) is 1.33. The molecular formula is C4H9IO5. The Morgan fingerprint density at radius 2 is 2.00 bits per heavy atom. The van der Waals surface area contributed by atoms with E-state index in [0.717, 1.165) is 6.92 Å². The van der Waals surface area contributed by atoms with Crippen LogP contribution in [0, 0.1) is 0 Å². The molecule has 0 aliphatic heterocycles. The van der Waals surface area contributed by atoms with Crippen LogP contribution in [0.25, 0.3) is 0 Å². The highest BCUT2D eigenvalue weighted by atomic mass is 127. The van der Waals surface area contributed by atoms with E-state index in [1.807, 2.05) is 0 Å². The fraction of sp³-hybridized carbons (Fsp3) is 0.750. The molecule has 0 saturated carbocycles. The van der Waals surface area contributed by atoms with E-state index in [0.29, 0.717) is 0 Å². The van der Waals surface area contributed by atoms with Crippen LogP contribution in [0.1, 0.15) is 13.8 Å². The number of halogens is 1. The summed E-state index contributed by atoms with van der Waals surface area (Å²) in [5.74, 6) is -0.833. The van der Waals surface area contributed by atoms with E-state index >= 15 is 0 Å². The van der Waals surface area contributed by atoms with Gasteiger partial charge in [0, 0.05) is 6.92 Å². The van der Waals surface area contributed by atoms with Crippen molar-refractivity contribution in [2.75, 3.05) is 6.61 Å². The highest BCUT2D eigenvalue weighted by Gasteiger charge is 2.05. The van der Waals surface area contributed by atoms with Crippen LogP contribution in [0.15, 0.2) is 0 Å². The van der Waals surface area contributed by atoms with Crippen molar-refractivity contribution in [2.45, 2.75) is 13.8 Å². The van der Waals surface area contributed by atoms with Crippen molar-refractivity contribution in [1.29, 1.82) is 0 Å². The molecule has 6 heteroatoms. The zero-order valence-electron chi connectivity index (χ0n) is 5.67. The number of carboxylic acid groups (broad SMARTS) is 1. The summed E-state index contributed by atoms with van der Waals surface area (Å²) in [5.41, 5.74) is 0.